The lowest BCUT2D eigenvalue weighted by molar-refractivity contribution is 1.28. The average Bonchev–Trinajstić information content (AvgIpc) is 2.82. The molecule has 72 valence electrons. The molecule has 1 N–H and O–H groups in total. The van der Waals surface area contributed by atoms with Crippen molar-refractivity contribution < 1.29 is 0 Å². The molecule has 0 saturated heterocycles. The molecule has 2 heterocycles. The van der Waals surface area contributed by atoms with Crippen LogP contribution in [-0.2, 0) is 0 Å². The highest BCUT2D eigenvalue weighted by Crippen LogP contribution is 2.18. The van der Waals surface area contributed by atoms with E-state index < -0.39 is 0 Å². The van der Waals surface area contributed by atoms with Gasteiger partial charge in [-0.05, 0) is 18.2 Å². The maximum atomic E-state index is 4.25. The molecule has 0 amide bonds. The molecule has 1 aromatic carbocycles. The second-order valence-electron chi connectivity index (χ2n) is 3.20. The Morgan fingerprint density at radius 3 is 2.53 bits per heavy atom. The van der Waals surface area contributed by atoms with Crippen LogP contribution in [0.3, 0.4) is 0 Å². The Labute approximate surface area is 86.0 Å². The summed E-state index contributed by atoms with van der Waals surface area (Å²) in [6.07, 6.45) is 6.91. The zero-order chi connectivity index (χ0) is 10.1. The predicted molar refractivity (Wildman–Crippen MR) is 57.1 cm³/mol. The Morgan fingerprint density at radius 2 is 1.73 bits per heavy atom. The number of H-pyrrole nitrogens is 1. The van der Waals surface area contributed by atoms with E-state index in [1.807, 2.05) is 18.2 Å². The van der Waals surface area contributed by atoms with Crippen LogP contribution in [0.2, 0.25) is 0 Å². The third kappa shape index (κ3) is 1.36. The SMILES string of the molecule is c1c[nH]c(-c2ccc3nccnc3c2)n1. The van der Waals surface area contributed by atoms with Crippen molar-refractivity contribution in [2.75, 3.05) is 0 Å². The van der Waals surface area contributed by atoms with Crippen LogP contribution < -0.4 is 0 Å². The summed E-state index contributed by atoms with van der Waals surface area (Å²) < 4.78 is 0. The molecule has 4 nitrogen and oxygen atoms in total. The summed E-state index contributed by atoms with van der Waals surface area (Å²) in [5.74, 6) is 0.850. The molecule has 0 fully saturated rings. The summed E-state index contributed by atoms with van der Waals surface area (Å²) in [5.41, 5.74) is 2.80. The Morgan fingerprint density at radius 1 is 0.867 bits per heavy atom. The third-order valence-electron chi connectivity index (χ3n) is 2.24. The second kappa shape index (κ2) is 3.16. The van der Waals surface area contributed by atoms with Crippen LogP contribution in [0.15, 0.2) is 43.0 Å². The molecule has 0 bridgehead atoms. The molecule has 2 aromatic heterocycles. The van der Waals surface area contributed by atoms with Crippen molar-refractivity contribution in [3.63, 3.8) is 0 Å². The van der Waals surface area contributed by atoms with Crippen molar-refractivity contribution >= 4 is 11.0 Å². The zero-order valence-electron chi connectivity index (χ0n) is 7.88. The molecule has 0 spiro atoms. The number of hydrogen-bond acceptors (Lipinski definition) is 3. The van der Waals surface area contributed by atoms with Gasteiger partial charge in [0.05, 0.1) is 11.0 Å². The predicted octanol–water partition coefficient (Wildman–Crippen LogP) is 2.02. The Kier molecular flexibility index (Phi) is 1.71. The van der Waals surface area contributed by atoms with Gasteiger partial charge in [0.2, 0.25) is 0 Å². The highest BCUT2D eigenvalue weighted by atomic mass is 14.9. The minimum absolute atomic E-state index is 0.850. The number of aromatic amines is 1. The average molecular weight is 196 g/mol. The van der Waals surface area contributed by atoms with E-state index in [-0.39, 0.29) is 0 Å². The molecular weight excluding hydrogens is 188 g/mol. The van der Waals surface area contributed by atoms with Gasteiger partial charge in [0.15, 0.2) is 0 Å². The first-order valence-electron chi connectivity index (χ1n) is 4.64. The van der Waals surface area contributed by atoms with Gasteiger partial charge in [-0.3, -0.25) is 9.97 Å². The van der Waals surface area contributed by atoms with E-state index in [2.05, 4.69) is 19.9 Å². The number of rotatable bonds is 1. The lowest BCUT2D eigenvalue weighted by atomic mass is 10.2. The summed E-state index contributed by atoms with van der Waals surface area (Å²) in [7, 11) is 0. The summed E-state index contributed by atoms with van der Waals surface area (Å²) in [6.45, 7) is 0. The highest BCUT2D eigenvalue weighted by Gasteiger charge is 2.01. The van der Waals surface area contributed by atoms with Gasteiger partial charge in [-0.1, -0.05) is 0 Å². The normalized spacial score (nSPS) is 10.7. The van der Waals surface area contributed by atoms with Crippen LogP contribution in [0.1, 0.15) is 0 Å². The smallest absolute Gasteiger partial charge is 0.137 e. The van der Waals surface area contributed by atoms with E-state index >= 15 is 0 Å². The van der Waals surface area contributed by atoms with Gasteiger partial charge in [-0.15, -0.1) is 0 Å². The number of imidazole rings is 1. The van der Waals surface area contributed by atoms with Crippen LogP contribution in [-0.4, -0.2) is 19.9 Å². The van der Waals surface area contributed by atoms with Crippen molar-refractivity contribution in [3.05, 3.63) is 43.0 Å². The molecule has 0 atom stereocenters. The van der Waals surface area contributed by atoms with E-state index in [0.717, 1.165) is 22.4 Å². The topological polar surface area (TPSA) is 54.5 Å². The molecule has 0 unspecified atom stereocenters. The van der Waals surface area contributed by atoms with Crippen LogP contribution >= 0.6 is 0 Å². The Balaban J connectivity index is 2.22. The van der Waals surface area contributed by atoms with Crippen molar-refractivity contribution in [1.29, 1.82) is 0 Å². The van der Waals surface area contributed by atoms with Gasteiger partial charge in [0.25, 0.3) is 0 Å². The van der Waals surface area contributed by atoms with Crippen molar-refractivity contribution in [3.8, 4) is 11.4 Å². The van der Waals surface area contributed by atoms with E-state index in [4.69, 9.17) is 0 Å². The Hall–Kier alpha value is -2.23. The minimum Gasteiger partial charge on any atom is -0.345 e. The fourth-order valence-electron chi connectivity index (χ4n) is 1.53. The van der Waals surface area contributed by atoms with Gasteiger partial charge in [-0.2, -0.15) is 0 Å². The minimum atomic E-state index is 0.850. The van der Waals surface area contributed by atoms with Crippen molar-refractivity contribution in [2.24, 2.45) is 0 Å². The summed E-state index contributed by atoms with van der Waals surface area (Å²) in [4.78, 5) is 15.7. The van der Waals surface area contributed by atoms with Gasteiger partial charge in [0, 0.05) is 30.4 Å². The first-order chi connectivity index (χ1) is 7.43. The molecule has 3 aromatic rings. The van der Waals surface area contributed by atoms with Crippen LogP contribution in [0.5, 0.6) is 0 Å². The molecule has 0 aliphatic carbocycles. The van der Waals surface area contributed by atoms with Crippen molar-refractivity contribution in [1.82, 2.24) is 19.9 Å². The molecular formula is C11H8N4. The lowest BCUT2D eigenvalue weighted by Crippen LogP contribution is -1.85. The second-order valence-corrected chi connectivity index (χ2v) is 3.20. The summed E-state index contributed by atoms with van der Waals surface area (Å²) in [5, 5.41) is 0. The highest BCUT2D eigenvalue weighted by molar-refractivity contribution is 5.79. The fraction of sp³-hybridized carbons (Fsp3) is 0. The largest absolute Gasteiger partial charge is 0.345 e. The fourth-order valence-corrected chi connectivity index (χ4v) is 1.53. The molecule has 0 aliphatic heterocycles. The van der Waals surface area contributed by atoms with E-state index in [1.165, 1.54) is 0 Å². The van der Waals surface area contributed by atoms with Gasteiger partial charge in [0.1, 0.15) is 5.82 Å². The van der Waals surface area contributed by atoms with Gasteiger partial charge in [-0.25, -0.2) is 4.98 Å². The zero-order valence-corrected chi connectivity index (χ0v) is 7.88. The molecule has 0 radical (unpaired) electrons. The molecule has 0 aliphatic rings. The maximum Gasteiger partial charge on any atom is 0.137 e. The maximum absolute atomic E-state index is 4.25. The monoisotopic (exact) mass is 196 g/mol. The van der Waals surface area contributed by atoms with Crippen LogP contribution in [0, 0.1) is 0 Å². The molecule has 3 rings (SSSR count). The number of aromatic nitrogens is 4. The van der Waals surface area contributed by atoms with E-state index in [1.54, 1.807) is 24.8 Å². The number of nitrogens with one attached hydrogen (secondary N) is 1. The molecule has 0 saturated carbocycles. The number of fused-ring (bicyclic) bond motifs is 1. The first kappa shape index (κ1) is 8.11. The number of nitrogens with zero attached hydrogens (tertiary/aromatic N) is 3. The number of benzene rings is 1. The summed E-state index contributed by atoms with van der Waals surface area (Å²) >= 11 is 0. The molecule has 4 heteroatoms. The lowest BCUT2D eigenvalue weighted by Gasteiger charge is -1.98. The van der Waals surface area contributed by atoms with E-state index in [0.29, 0.717) is 0 Å². The van der Waals surface area contributed by atoms with Crippen molar-refractivity contribution in [2.45, 2.75) is 0 Å². The van der Waals surface area contributed by atoms with E-state index in [9.17, 15) is 0 Å². The third-order valence-corrected chi connectivity index (χ3v) is 2.24. The van der Waals surface area contributed by atoms with Crippen LogP contribution in [0.25, 0.3) is 22.4 Å². The quantitative estimate of drug-likeness (QED) is 0.647. The van der Waals surface area contributed by atoms with Crippen LogP contribution in [0.4, 0.5) is 0 Å². The summed E-state index contributed by atoms with van der Waals surface area (Å²) in [6, 6.07) is 5.90. The van der Waals surface area contributed by atoms with Gasteiger partial charge >= 0.3 is 0 Å². The standard InChI is InChI=1S/C11H8N4/c1-2-9-10(13-4-3-12-9)7-8(1)11-14-5-6-15-11/h1-7H,(H,14,15). The number of hydrogen-bond donors (Lipinski definition) is 1. The Bertz CT molecular complexity index is 586. The van der Waals surface area contributed by atoms with Gasteiger partial charge < -0.3 is 4.98 Å². The first-order valence-corrected chi connectivity index (χ1v) is 4.64. The molecule has 15 heavy (non-hydrogen) atoms.